The van der Waals surface area contributed by atoms with Crippen molar-refractivity contribution in [2.75, 3.05) is 0 Å². The van der Waals surface area contributed by atoms with Gasteiger partial charge in [0.2, 0.25) is 0 Å². The van der Waals surface area contributed by atoms with Gasteiger partial charge < -0.3 is 0 Å². The first kappa shape index (κ1) is 7.80. The van der Waals surface area contributed by atoms with Crippen molar-refractivity contribution in [2.45, 2.75) is 25.1 Å². The summed E-state index contributed by atoms with van der Waals surface area (Å²) in [4.78, 5) is -0.501. The molecule has 0 saturated heterocycles. The maximum atomic E-state index is 12.6. The Kier molecular flexibility index (Phi) is 1.86. The lowest BCUT2D eigenvalue weighted by molar-refractivity contribution is 0.538. The topological polar surface area (TPSA) is 0 Å². The first-order valence-electron chi connectivity index (χ1n) is 3.25. The van der Waals surface area contributed by atoms with E-state index in [1.807, 2.05) is 13.8 Å². The third-order valence-corrected chi connectivity index (χ3v) is 2.27. The largest absolute Gasteiger partial charge is 0.212 e. The SMILES string of the molecule is CC1=CC=C(F)CC1(C)Cl. The minimum absolute atomic E-state index is 0.136. The molecule has 0 N–H and O–H groups in total. The summed E-state index contributed by atoms with van der Waals surface area (Å²) in [5.41, 5.74) is 1.02. The van der Waals surface area contributed by atoms with E-state index in [9.17, 15) is 4.39 Å². The molecular weight excluding hydrogens is 151 g/mol. The molecule has 10 heavy (non-hydrogen) atoms. The molecule has 0 nitrogen and oxygen atoms in total. The van der Waals surface area contributed by atoms with Crippen molar-refractivity contribution >= 4 is 11.6 Å². The Labute approximate surface area is 65.4 Å². The second-order valence-corrected chi connectivity index (χ2v) is 3.67. The fourth-order valence-corrected chi connectivity index (χ4v) is 1.10. The first-order chi connectivity index (χ1) is 4.52. The molecule has 1 unspecified atom stereocenters. The fourth-order valence-electron chi connectivity index (χ4n) is 0.905. The Bertz CT molecular complexity index is 201. The van der Waals surface area contributed by atoms with Gasteiger partial charge in [-0.2, -0.15) is 0 Å². The Morgan fingerprint density at radius 2 is 2.20 bits per heavy atom. The quantitative estimate of drug-likeness (QED) is 0.478. The van der Waals surface area contributed by atoms with Gasteiger partial charge >= 0.3 is 0 Å². The van der Waals surface area contributed by atoms with E-state index in [-0.39, 0.29) is 5.83 Å². The van der Waals surface area contributed by atoms with Crippen LogP contribution in [0.2, 0.25) is 0 Å². The molecule has 0 heterocycles. The van der Waals surface area contributed by atoms with Crippen LogP contribution in [-0.2, 0) is 0 Å². The third-order valence-electron chi connectivity index (χ3n) is 1.84. The van der Waals surface area contributed by atoms with Gasteiger partial charge in [-0.05, 0) is 19.9 Å². The second-order valence-electron chi connectivity index (χ2n) is 2.84. The van der Waals surface area contributed by atoms with E-state index in [0.717, 1.165) is 5.57 Å². The van der Waals surface area contributed by atoms with E-state index in [1.165, 1.54) is 6.08 Å². The van der Waals surface area contributed by atoms with Gasteiger partial charge in [0.25, 0.3) is 0 Å². The predicted molar refractivity (Wildman–Crippen MR) is 41.8 cm³/mol. The molecule has 2 heteroatoms. The number of allylic oxidation sites excluding steroid dienone is 4. The van der Waals surface area contributed by atoms with Crippen molar-refractivity contribution in [3.8, 4) is 0 Å². The lowest BCUT2D eigenvalue weighted by Crippen LogP contribution is -2.20. The van der Waals surface area contributed by atoms with Crippen LogP contribution in [0.25, 0.3) is 0 Å². The summed E-state index contributed by atoms with van der Waals surface area (Å²) in [5.74, 6) is -0.136. The molecule has 0 fully saturated rings. The number of hydrogen-bond acceptors (Lipinski definition) is 0. The van der Waals surface area contributed by atoms with Gasteiger partial charge in [-0.1, -0.05) is 11.6 Å². The highest BCUT2D eigenvalue weighted by molar-refractivity contribution is 6.25. The van der Waals surface area contributed by atoms with Crippen molar-refractivity contribution in [2.24, 2.45) is 0 Å². The molecule has 0 amide bonds. The minimum Gasteiger partial charge on any atom is -0.212 e. The van der Waals surface area contributed by atoms with E-state index >= 15 is 0 Å². The number of halogens is 2. The minimum atomic E-state index is -0.501. The molecule has 0 aromatic rings. The average molecular weight is 161 g/mol. The summed E-state index contributed by atoms with van der Waals surface area (Å²) in [6.07, 6.45) is 3.52. The van der Waals surface area contributed by atoms with Crippen LogP contribution in [0.4, 0.5) is 4.39 Å². The van der Waals surface area contributed by atoms with Crippen molar-refractivity contribution in [3.63, 3.8) is 0 Å². The van der Waals surface area contributed by atoms with Gasteiger partial charge in [0, 0.05) is 6.42 Å². The third kappa shape index (κ3) is 1.40. The highest BCUT2D eigenvalue weighted by atomic mass is 35.5. The van der Waals surface area contributed by atoms with Crippen LogP contribution in [0, 0.1) is 0 Å². The average Bonchev–Trinajstić information content (AvgIpc) is 1.78. The summed E-state index contributed by atoms with van der Waals surface area (Å²) < 4.78 is 12.6. The van der Waals surface area contributed by atoms with Gasteiger partial charge in [-0.15, -0.1) is 11.6 Å². The van der Waals surface area contributed by atoms with E-state index in [2.05, 4.69) is 0 Å². The monoisotopic (exact) mass is 160 g/mol. The van der Waals surface area contributed by atoms with E-state index in [0.29, 0.717) is 6.42 Å². The molecule has 0 aromatic carbocycles. The Hall–Kier alpha value is -0.300. The predicted octanol–water partition coefficient (Wildman–Crippen LogP) is 3.19. The van der Waals surface area contributed by atoms with Crippen LogP contribution in [-0.4, -0.2) is 4.87 Å². The molecule has 1 aliphatic rings. The van der Waals surface area contributed by atoms with Crippen LogP contribution in [0.1, 0.15) is 20.3 Å². The molecule has 0 spiro atoms. The van der Waals surface area contributed by atoms with Crippen molar-refractivity contribution < 1.29 is 4.39 Å². The zero-order valence-electron chi connectivity index (χ0n) is 6.12. The molecule has 0 aromatic heterocycles. The standard InChI is InChI=1S/C8H10ClF/c1-6-3-4-7(10)5-8(6,2)9/h3-4H,5H2,1-2H3. The zero-order chi connectivity index (χ0) is 7.78. The lowest BCUT2D eigenvalue weighted by Gasteiger charge is -2.24. The molecule has 0 radical (unpaired) electrons. The van der Waals surface area contributed by atoms with Crippen LogP contribution >= 0.6 is 11.6 Å². The van der Waals surface area contributed by atoms with E-state index < -0.39 is 4.87 Å². The maximum Gasteiger partial charge on any atom is 0.102 e. The first-order valence-corrected chi connectivity index (χ1v) is 3.62. The van der Waals surface area contributed by atoms with Crippen LogP contribution < -0.4 is 0 Å². The van der Waals surface area contributed by atoms with Crippen LogP contribution in [0.15, 0.2) is 23.6 Å². The van der Waals surface area contributed by atoms with E-state index in [4.69, 9.17) is 11.6 Å². The lowest BCUT2D eigenvalue weighted by atomic mass is 9.93. The van der Waals surface area contributed by atoms with Gasteiger partial charge in [-0.3, -0.25) is 0 Å². The summed E-state index contributed by atoms with van der Waals surface area (Å²) >= 11 is 5.97. The normalized spacial score (nSPS) is 33.2. The van der Waals surface area contributed by atoms with E-state index in [1.54, 1.807) is 6.08 Å². The van der Waals surface area contributed by atoms with Crippen LogP contribution in [0.3, 0.4) is 0 Å². The summed E-state index contributed by atoms with van der Waals surface area (Å²) in [5, 5.41) is 0. The smallest absolute Gasteiger partial charge is 0.102 e. The number of rotatable bonds is 0. The molecular formula is C8H10ClF. The molecule has 0 saturated carbocycles. The fraction of sp³-hybridized carbons (Fsp3) is 0.500. The highest BCUT2D eigenvalue weighted by Crippen LogP contribution is 2.34. The summed E-state index contributed by atoms with van der Waals surface area (Å²) in [7, 11) is 0. The summed E-state index contributed by atoms with van der Waals surface area (Å²) in [6.45, 7) is 3.74. The molecule has 0 bridgehead atoms. The molecule has 56 valence electrons. The zero-order valence-corrected chi connectivity index (χ0v) is 6.87. The van der Waals surface area contributed by atoms with Crippen molar-refractivity contribution in [3.05, 3.63) is 23.6 Å². The number of hydrogen-bond donors (Lipinski definition) is 0. The number of alkyl halides is 1. The van der Waals surface area contributed by atoms with Gasteiger partial charge in [0.1, 0.15) is 5.83 Å². The summed E-state index contributed by atoms with van der Waals surface area (Å²) in [6, 6.07) is 0. The molecule has 0 aliphatic heterocycles. The van der Waals surface area contributed by atoms with Crippen LogP contribution in [0.5, 0.6) is 0 Å². The van der Waals surface area contributed by atoms with Gasteiger partial charge in [0.15, 0.2) is 0 Å². The second kappa shape index (κ2) is 2.39. The molecule has 1 aliphatic carbocycles. The van der Waals surface area contributed by atoms with Gasteiger partial charge in [0.05, 0.1) is 4.87 Å². The molecule has 1 atom stereocenters. The van der Waals surface area contributed by atoms with Crippen molar-refractivity contribution in [1.82, 2.24) is 0 Å². The maximum absolute atomic E-state index is 12.6. The highest BCUT2D eigenvalue weighted by Gasteiger charge is 2.26. The Balaban J connectivity index is 2.89. The van der Waals surface area contributed by atoms with Gasteiger partial charge in [-0.25, -0.2) is 4.39 Å². The Morgan fingerprint density at radius 1 is 1.60 bits per heavy atom. The molecule has 1 rings (SSSR count). The Morgan fingerprint density at radius 3 is 2.60 bits per heavy atom. The van der Waals surface area contributed by atoms with Crippen molar-refractivity contribution in [1.29, 1.82) is 0 Å².